The normalized spacial score (nSPS) is 14.8. The molecule has 1 aromatic rings. The van der Waals surface area contributed by atoms with E-state index in [0.717, 1.165) is 17.7 Å². The molecule has 0 radical (unpaired) electrons. The average molecular weight is 208 g/mol. The smallest absolute Gasteiger partial charge is 0.143 e. The van der Waals surface area contributed by atoms with Crippen molar-refractivity contribution in [2.45, 2.75) is 12.8 Å². The molecular weight excluding hydrogens is 196 g/mol. The molecule has 1 aliphatic heterocycles. The van der Waals surface area contributed by atoms with E-state index in [-0.39, 0.29) is 18.0 Å². The van der Waals surface area contributed by atoms with Crippen molar-refractivity contribution in [2.24, 2.45) is 10.9 Å². The number of hydrogen-bond donors (Lipinski definition) is 3. The number of fused-ring (bicyclic) bond motifs is 1. The van der Waals surface area contributed by atoms with Crippen LogP contribution in [0, 0.1) is 0 Å². The maximum absolute atomic E-state index is 9.67. The maximum atomic E-state index is 9.67. The van der Waals surface area contributed by atoms with Crippen molar-refractivity contribution in [3.63, 3.8) is 0 Å². The van der Waals surface area contributed by atoms with Gasteiger partial charge in [-0.1, -0.05) is 5.16 Å². The zero-order valence-electron chi connectivity index (χ0n) is 8.10. The van der Waals surface area contributed by atoms with Crippen LogP contribution >= 0.6 is 0 Å². The molecular formula is C10H12N2O3. The van der Waals surface area contributed by atoms with E-state index in [1.165, 1.54) is 0 Å². The van der Waals surface area contributed by atoms with Crippen molar-refractivity contribution in [3.8, 4) is 11.5 Å². The van der Waals surface area contributed by atoms with Crippen molar-refractivity contribution in [2.75, 3.05) is 6.61 Å². The Morgan fingerprint density at radius 1 is 1.53 bits per heavy atom. The lowest BCUT2D eigenvalue weighted by atomic mass is 10.1. The Balaban J connectivity index is 2.32. The number of benzene rings is 1. The summed E-state index contributed by atoms with van der Waals surface area (Å²) in [6.45, 7) is 0.641. The van der Waals surface area contributed by atoms with Crippen molar-refractivity contribution < 1.29 is 15.1 Å². The fourth-order valence-electron chi connectivity index (χ4n) is 1.63. The molecule has 0 saturated carbocycles. The SMILES string of the molecule is N/C(Cc1cc2c(cc1O)CCO2)=N\O. The predicted octanol–water partition coefficient (Wildman–Crippen LogP) is 0.616. The standard InChI is InChI=1S/C10H12N2O3/c11-10(12-14)5-7-4-9-6(1-2-15-9)3-8(7)13/h3-4,13-14H,1-2,5H2,(H2,11,12). The van der Waals surface area contributed by atoms with Crippen molar-refractivity contribution in [1.29, 1.82) is 0 Å². The van der Waals surface area contributed by atoms with Gasteiger partial charge in [-0.2, -0.15) is 0 Å². The van der Waals surface area contributed by atoms with Crippen LogP contribution in [0.2, 0.25) is 0 Å². The Kier molecular flexibility index (Phi) is 2.37. The summed E-state index contributed by atoms with van der Waals surface area (Å²) in [7, 11) is 0. The summed E-state index contributed by atoms with van der Waals surface area (Å²) in [6.07, 6.45) is 1.02. The number of aromatic hydroxyl groups is 1. The first-order valence-corrected chi connectivity index (χ1v) is 4.64. The summed E-state index contributed by atoms with van der Waals surface area (Å²) in [5.74, 6) is 0.989. The van der Waals surface area contributed by atoms with Crippen LogP contribution < -0.4 is 10.5 Å². The zero-order chi connectivity index (χ0) is 10.8. The summed E-state index contributed by atoms with van der Waals surface area (Å²) < 4.78 is 5.36. The van der Waals surface area contributed by atoms with Gasteiger partial charge in [0.05, 0.1) is 6.61 Å². The molecule has 2 rings (SSSR count). The second-order valence-corrected chi connectivity index (χ2v) is 3.46. The third kappa shape index (κ3) is 1.81. The number of nitrogens with two attached hydrogens (primary N) is 1. The van der Waals surface area contributed by atoms with Crippen LogP contribution in [0.5, 0.6) is 11.5 Å². The highest BCUT2D eigenvalue weighted by Gasteiger charge is 2.16. The second-order valence-electron chi connectivity index (χ2n) is 3.46. The van der Waals surface area contributed by atoms with E-state index >= 15 is 0 Å². The highest BCUT2D eigenvalue weighted by Crippen LogP contribution is 2.32. The van der Waals surface area contributed by atoms with E-state index in [1.807, 2.05) is 0 Å². The van der Waals surface area contributed by atoms with Gasteiger partial charge < -0.3 is 20.8 Å². The molecule has 0 amide bonds. The second kappa shape index (κ2) is 3.68. The first kappa shape index (κ1) is 9.64. The minimum atomic E-state index is 0.0586. The van der Waals surface area contributed by atoms with Gasteiger partial charge in [0.15, 0.2) is 0 Å². The van der Waals surface area contributed by atoms with Gasteiger partial charge in [0.1, 0.15) is 17.3 Å². The number of rotatable bonds is 2. The lowest BCUT2D eigenvalue weighted by Gasteiger charge is -2.06. The van der Waals surface area contributed by atoms with Crippen LogP contribution in [0.25, 0.3) is 0 Å². The summed E-state index contributed by atoms with van der Waals surface area (Å²) >= 11 is 0. The first-order chi connectivity index (χ1) is 7.20. The third-order valence-corrected chi connectivity index (χ3v) is 2.39. The summed E-state index contributed by atoms with van der Waals surface area (Å²) in [6, 6.07) is 3.40. The minimum Gasteiger partial charge on any atom is -0.508 e. The molecule has 0 aliphatic carbocycles. The Morgan fingerprint density at radius 2 is 2.33 bits per heavy atom. The Bertz CT molecular complexity index is 415. The third-order valence-electron chi connectivity index (χ3n) is 2.39. The molecule has 0 bridgehead atoms. The lowest BCUT2D eigenvalue weighted by molar-refractivity contribution is 0.317. The van der Waals surface area contributed by atoms with Crippen LogP contribution in [-0.4, -0.2) is 22.8 Å². The van der Waals surface area contributed by atoms with Crippen LogP contribution in [0.4, 0.5) is 0 Å². The molecule has 4 N–H and O–H groups in total. The van der Waals surface area contributed by atoms with Gasteiger partial charge in [-0.15, -0.1) is 0 Å². The molecule has 5 nitrogen and oxygen atoms in total. The van der Waals surface area contributed by atoms with Gasteiger partial charge in [-0.05, 0) is 12.1 Å². The molecule has 15 heavy (non-hydrogen) atoms. The molecule has 0 aromatic heterocycles. The Morgan fingerprint density at radius 3 is 3.07 bits per heavy atom. The van der Waals surface area contributed by atoms with Gasteiger partial charge >= 0.3 is 0 Å². The maximum Gasteiger partial charge on any atom is 0.143 e. The summed E-state index contributed by atoms with van der Waals surface area (Å²) in [5.41, 5.74) is 6.97. The highest BCUT2D eigenvalue weighted by atomic mass is 16.5. The van der Waals surface area contributed by atoms with Gasteiger partial charge in [-0.3, -0.25) is 0 Å². The quantitative estimate of drug-likeness (QED) is 0.287. The molecule has 80 valence electrons. The summed E-state index contributed by atoms with van der Waals surface area (Å²) in [4.78, 5) is 0. The molecule has 0 saturated heterocycles. The largest absolute Gasteiger partial charge is 0.508 e. The van der Waals surface area contributed by atoms with Crippen molar-refractivity contribution in [1.82, 2.24) is 0 Å². The number of nitrogens with zero attached hydrogens (tertiary/aromatic N) is 1. The van der Waals surface area contributed by atoms with Gasteiger partial charge in [-0.25, -0.2) is 0 Å². The van der Waals surface area contributed by atoms with Crippen LogP contribution in [0.1, 0.15) is 11.1 Å². The first-order valence-electron chi connectivity index (χ1n) is 4.64. The Hall–Kier alpha value is -1.91. The topological polar surface area (TPSA) is 88.1 Å². The number of phenolic OH excluding ortho intramolecular Hbond substituents is 1. The van der Waals surface area contributed by atoms with Gasteiger partial charge in [0.2, 0.25) is 0 Å². The monoisotopic (exact) mass is 208 g/mol. The van der Waals surface area contributed by atoms with Crippen molar-refractivity contribution in [3.05, 3.63) is 23.3 Å². The van der Waals surface area contributed by atoms with Crippen LogP contribution in [-0.2, 0) is 12.8 Å². The predicted molar refractivity (Wildman–Crippen MR) is 54.4 cm³/mol. The van der Waals surface area contributed by atoms with Crippen LogP contribution in [0.15, 0.2) is 17.3 Å². The fraction of sp³-hybridized carbons (Fsp3) is 0.300. The molecule has 1 aliphatic rings. The summed E-state index contributed by atoms with van der Waals surface area (Å²) in [5, 5.41) is 21.0. The van der Waals surface area contributed by atoms with E-state index in [4.69, 9.17) is 15.7 Å². The fourth-order valence-corrected chi connectivity index (χ4v) is 1.63. The van der Waals surface area contributed by atoms with E-state index in [9.17, 15) is 5.11 Å². The van der Waals surface area contributed by atoms with Gasteiger partial charge in [0.25, 0.3) is 0 Å². The zero-order valence-corrected chi connectivity index (χ0v) is 8.10. The average Bonchev–Trinajstić information content (AvgIpc) is 2.65. The number of hydrogen-bond acceptors (Lipinski definition) is 4. The van der Waals surface area contributed by atoms with Crippen molar-refractivity contribution >= 4 is 5.84 Å². The van der Waals surface area contributed by atoms with E-state index in [2.05, 4.69) is 5.16 Å². The number of ether oxygens (including phenoxy) is 1. The number of amidine groups is 1. The lowest BCUT2D eigenvalue weighted by Crippen LogP contribution is -2.14. The Labute approximate surface area is 86.8 Å². The molecule has 0 atom stereocenters. The minimum absolute atomic E-state index is 0.0586. The van der Waals surface area contributed by atoms with E-state index < -0.39 is 0 Å². The van der Waals surface area contributed by atoms with Crippen LogP contribution in [0.3, 0.4) is 0 Å². The molecule has 1 heterocycles. The number of phenols is 1. The molecule has 0 spiro atoms. The van der Waals surface area contributed by atoms with Gasteiger partial charge in [0, 0.05) is 24.0 Å². The van der Waals surface area contributed by atoms with E-state index in [1.54, 1.807) is 12.1 Å². The highest BCUT2D eigenvalue weighted by molar-refractivity contribution is 5.82. The number of oxime groups is 1. The molecule has 0 unspecified atom stereocenters. The molecule has 5 heteroatoms. The van der Waals surface area contributed by atoms with E-state index in [0.29, 0.717) is 12.2 Å². The molecule has 0 fully saturated rings. The molecule has 1 aromatic carbocycles.